The highest BCUT2D eigenvalue weighted by atomic mass is 32.1. The minimum absolute atomic E-state index is 0.246. The number of hydrogen-bond donors (Lipinski definition) is 2. The number of rotatable bonds is 5. The van der Waals surface area contributed by atoms with Gasteiger partial charge in [-0.05, 0) is 0 Å². The Hall–Kier alpha value is -1.18. The number of alkyl halides is 3. The molecule has 1 heterocycles. The van der Waals surface area contributed by atoms with E-state index in [9.17, 15) is 18.0 Å². The molecule has 0 saturated heterocycles. The van der Waals surface area contributed by atoms with Gasteiger partial charge in [-0.25, -0.2) is 4.98 Å². The van der Waals surface area contributed by atoms with Crippen LogP contribution in [0.5, 0.6) is 0 Å². The first-order chi connectivity index (χ1) is 7.95. The van der Waals surface area contributed by atoms with Crippen LogP contribution < -0.4 is 5.32 Å². The lowest BCUT2D eigenvalue weighted by Gasteiger charge is -2.20. The fraction of sp³-hybridized carbons (Fsp3) is 0.556. The van der Waals surface area contributed by atoms with Crippen molar-refractivity contribution in [3.63, 3.8) is 0 Å². The van der Waals surface area contributed by atoms with Crippen LogP contribution in [0.4, 0.5) is 13.2 Å². The van der Waals surface area contributed by atoms with E-state index in [2.05, 4.69) is 22.9 Å². The van der Waals surface area contributed by atoms with E-state index in [-0.39, 0.29) is 6.54 Å². The van der Waals surface area contributed by atoms with Crippen LogP contribution in [0.25, 0.3) is 0 Å². The third-order valence-corrected chi connectivity index (χ3v) is 2.30. The first-order valence-corrected chi connectivity index (χ1v) is 5.50. The number of hydrogen-bond acceptors (Lipinski definition) is 3. The van der Waals surface area contributed by atoms with Crippen LogP contribution in [0.15, 0.2) is 18.7 Å². The maximum atomic E-state index is 12.7. The van der Waals surface area contributed by atoms with E-state index >= 15 is 0 Å². The van der Waals surface area contributed by atoms with Crippen LogP contribution in [0, 0.1) is 0 Å². The fourth-order valence-corrected chi connectivity index (χ4v) is 1.40. The lowest BCUT2D eigenvalue weighted by Crippen LogP contribution is -2.33. The molecule has 17 heavy (non-hydrogen) atoms. The van der Waals surface area contributed by atoms with Gasteiger partial charge in [-0.3, -0.25) is 4.79 Å². The summed E-state index contributed by atoms with van der Waals surface area (Å²) in [6, 6.07) is -1.88. The highest BCUT2D eigenvalue weighted by Crippen LogP contribution is 2.32. The molecule has 0 aliphatic rings. The SMILES string of the molecule is O=C(CC(n1ccnc1)C(F)(F)F)NCCS. The van der Waals surface area contributed by atoms with Crippen molar-refractivity contribution in [3.05, 3.63) is 18.7 Å². The van der Waals surface area contributed by atoms with Gasteiger partial charge >= 0.3 is 6.18 Å². The van der Waals surface area contributed by atoms with Crippen molar-refractivity contribution in [1.82, 2.24) is 14.9 Å². The molecule has 1 unspecified atom stereocenters. The molecule has 0 radical (unpaired) electrons. The molecule has 1 N–H and O–H groups in total. The topological polar surface area (TPSA) is 46.9 Å². The molecular formula is C9H12F3N3OS. The lowest BCUT2D eigenvalue weighted by atomic mass is 10.2. The molecule has 0 aliphatic carbocycles. The second-order valence-electron chi connectivity index (χ2n) is 3.34. The summed E-state index contributed by atoms with van der Waals surface area (Å²) in [5.41, 5.74) is 0. The molecule has 0 aliphatic heterocycles. The largest absolute Gasteiger partial charge is 0.409 e. The van der Waals surface area contributed by atoms with Crippen molar-refractivity contribution in [2.75, 3.05) is 12.3 Å². The Morgan fingerprint density at radius 3 is 2.71 bits per heavy atom. The average molecular weight is 267 g/mol. The molecule has 1 atom stereocenters. The summed E-state index contributed by atoms with van der Waals surface area (Å²) in [6.45, 7) is 0.246. The summed E-state index contributed by atoms with van der Waals surface area (Å²) in [5, 5.41) is 2.35. The lowest BCUT2D eigenvalue weighted by molar-refractivity contribution is -0.172. The van der Waals surface area contributed by atoms with Crippen molar-refractivity contribution in [2.45, 2.75) is 18.6 Å². The summed E-state index contributed by atoms with van der Waals surface area (Å²) in [6.07, 6.45) is -1.68. The van der Waals surface area contributed by atoms with E-state index < -0.39 is 24.5 Å². The van der Waals surface area contributed by atoms with Gasteiger partial charge in [0, 0.05) is 24.7 Å². The Labute approximate surface area is 102 Å². The predicted octanol–water partition coefficient (Wildman–Crippen LogP) is 1.42. The van der Waals surface area contributed by atoms with Crippen molar-refractivity contribution < 1.29 is 18.0 Å². The number of carbonyl (C=O) groups excluding carboxylic acids is 1. The molecule has 1 rings (SSSR count). The van der Waals surface area contributed by atoms with Crippen LogP contribution >= 0.6 is 12.6 Å². The van der Waals surface area contributed by atoms with Crippen molar-refractivity contribution in [3.8, 4) is 0 Å². The van der Waals surface area contributed by atoms with Gasteiger partial charge in [0.05, 0.1) is 12.7 Å². The molecule has 0 aromatic carbocycles. The average Bonchev–Trinajstić information content (AvgIpc) is 2.74. The van der Waals surface area contributed by atoms with E-state index in [4.69, 9.17) is 0 Å². The zero-order valence-corrected chi connectivity index (χ0v) is 9.71. The van der Waals surface area contributed by atoms with Crippen LogP contribution in [-0.4, -0.2) is 33.9 Å². The molecule has 1 aromatic heterocycles. The van der Waals surface area contributed by atoms with Crippen molar-refractivity contribution >= 4 is 18.5 Å². The zero-order valence-electron chi connectivity index (χ0n) is 8.81. The number of halogens is 3. The van der Waals surface area contributed by atoms with Gasteiger partial charge in [0.15, 0.2) is 0 Å². The third kappa shape index (κ3) is 4.29. The second kappa shape index (κ2) is 5.95. The number of nitrogens with one attached hydrogen (secondary N) is 1. The molecular weight excluding hydrogens is 255 g/mol. The summed E-state index contributed by atoms with van der Waals surface area (Å²) in [5.74, 6) is -0.275. The van der Waals surface area contributed by atoms with Gasteiger partial charge in [0.2, 0.25) is 5.91 Å². The Morgan fingerprint density at radius 1 is 1.53 bits per heavy atom. The quantitative estimate of drug-likeness (QED) is 0.793. The first-order valence-electron chi connectivity index (χ1n) is 4.87. The zero-order chi connectivity index (χ0) is 12.9. The normalized spacial score (nSPS) is 13.4. The van der Waals surface area contributed by atoms with E-state index in [0.29, 0.717) is 5.75 Å². The maximum absolute atomic E-state index is 12.7. The number of nitrogens with zero attached hydrogens (tertiary/aromatic N) is 2. The molecule has 8 heteroatoms. The molecule has 0 bridgehead atoms. The molecule has 0 saturated carbocycles. The van der Waals surface area contributed by atoms with Gasteiger partial charge in [-0.15, -0.1) is 0 Å². The Kier molecular flexibility index (Phi) is 4.86. The van der Waals surface area contributed by atoms with E-state index in [1.807, 2.05) is 0 Å². The van der Waals surface area contributed by atoms with Gasteiger partial charge in [-0.2, -0.15) is 25.8 Å². The van der Waals surface area contributed by atoms with Crippen LogP contribution in [0.2, 0.25) is 0 Å². The summed E-state index contributed by atoms with van der Waals surface area (Å²) in [4.78, 5) is 14.8. The number of thiol groups is 1. The Balaban J connectivity index is 2.69. The second-order valence-corrected chi connectivity index (χ2v) is 3.79. The maximum Gasteiger partial charge on any atom is 0.409 e. The molecule has 0 spiro atoms. The van der Waals surface area contributed by atoms with Crippen LogP contribution in [-0.2, 0) is 4.79 Å². The van der Waals surface area contributed by atoms with Gasteiger partial charge in [0.1, 0.15) is 6.04 Å². The minimum atomic E-state index is -4.49. The standard InChI is InChI=1S/C9H12F3N3OS/c10-9(11,12)7(15-3-1-13-6-15)5-8(16)14-2-4-17/h1,3,6-7,17H,2,4-5H2,(H,14,16). The van der Waals surface area contributed by atoms with Gasteiger partial charge < -0.3 is 9.88 Å². The number of aromatic nitrogens is 2. The summed E-state index contributed by atoms with van der Waals surface area (Å²) in [7, 11) is 0. The van der Waals surface area contributed by atoms with Crippen molar-refractivity contribution in [2.24, 2.45) is 0 Å². The Bertz CT molecular complexity index is 353. The molecule has 1 amide bonds. The highest BCUT2D eigenvalue weighted by molar-refractivity contribution is 7.80. The molecule has 1 aromatic rings. The van der Waals surface area contributed by atoms with Gasteiger partial charge in [-0.1, -0.05) is 0 Å². The fourth-order valence-electron chi connectivity index (χ4n) is 1.29. The van der Waals surface area contributed by atoms with E-state index in [0.717, 1.165) is 10.9 Å². The molecule has 0 fully saturated rings. The number of imidazole rings is 1. The van der Waals surface area contributed by atoms with Crippen LogP contribution in [0.3, 0.4) is 0 Å². The Morgan fingerprint density at radius 2 is 2.24 bits per heavy atom. The summed E-state index contributed by atoms with van der Waals surface area (Å²) >= 11 is 3.85. The van der Waals surface area contributed by atoms with Gasteiger partial charge in [0.25, 0.3) is 0 Å². The van der Waals surface area contributed by atoms with Crippen LogP contribution in [0.1, 0.15) is 12.5 Å². The number of amides is 1. The predicted molar refractivity (Wildman–Crippen MR) is 58.8 cm³/mol. The number of carbonyl (C=O) groups is 1. The van der Waals surface area contributed by atoms with E-state index in [1.165, 1.54) is 12.4 Å². The molecule has 4 nitrogen and oxygen atoms in total. The minimum Gasteiger partial charge on any atom is -0.355 e. The summed E-state index contributed by atoms with van der Waals surface area (Å²) < 4.78 is 39.0. The highest BCUT2D eigenvalue weighted by Gasteiger charge is 2.41. The smallest absolute Gasteiger partial charge is 0.355 e. The first kappa shape index (κ1) is 13.9. The van der Waals surface area contributed by atoms with E-state index in [1.54, 1.807) is 0 Å². The van der Waals surface area contributed by atoms with Crippen molar-refractivity contribution in [1.29, 1.82) is 0 Å². The monoisotopic (exact) mass is 267 g/mol. The third-order valence-electron chi connectivity index (χ3n) is 2.08. The molecule has 96 valence electrons.